The van der Waals surface area contributed by atoms with E-state index in [9.17, 15) is 0 Å². The van der Waals surface area contributed by atoms with E-state index in [4.69, 9.17) is 5.73 Å². The SMILES string of the molecule is Cc1cc(C)n(CCCNc2snc(N)c2C)n1. The van der Waals surface area contributed by atoms with Gasteiger partial charge in [0, 0.05) is 24.3 Å². The van der Waals surface area contributed by atoms with Crippen LogP contribution in [-0.4, -0.2) is 20.7 Å². The van der Waals surface area contributed by atoms with Crippen LogP contribution in [0.4, 0.5) is 10.8 Å². The monoisotopic (exact) mass is 265 g/mol. The van der Waals surface area contributed by atoms with E-state index >= 15 is 0 Å². The fourth-order valence-corrected chi connectivity index (χ4v) is 2.58. The molecule has 0 fully saturated rings. The summed E-state index contributed by atoms with van der Waals surface area (Å²) in [6, 6.07) is 2.10. The molecule has 2 aromatic rings. The molecule has 0 saturated carbocycles. The van der Waals surface area contributed by atoms with Crippen LogP contribution in [0.1, 0.15) is 23.4 Å². The van der Waals surface area contributed by atoms with Gasteiger partial charge in [-0.3, -0.25) is 4.68 Å². The molecule has 0 aliphatic heterocycles. The van der Waals surface area contributed by atoms with Gasteiger partial charge in [-0.25, -0.2) is 0 Å². The van der Waals surface area contributed by atoms with E-state index in [0.29, 0.717) is 5.82 Å². The van der Waals surface area contributed by atoms with Gasteiger partial charge in [0.25, 0.3) is 0 Å². The molecule has 0 aromatic carbocycles. The molecule has 98 valence electrons. The van der Waals surface area contributed by atoms with E-state index < -0.39 is 0 Å². The van der Waals surface area contributed by atoms with Crippen LogP contribution >= 0.6 is 11.5 Å². The van der Waals surface area contributed by atoms with Crippen molar-refractivity contribution in [3.63, 3.8) is 0 Å². The number of nitrogen functional groups attached to an aromatic ring is 1. The van der Waals surface area contributed by atoms with E-state index in [1.165, 1.54) is 17.2 Å². The Bertz CT molecular complexity index is 525. The van der Waals surface area contributed by atoms with Crippen molar-refractivity contribution in [2.45, 2.75) is 33.7 Å². The second-order valence-corrected chi connectivity index (χ2v) is 5.23. The predicted molar refractivity (Wildman–Crippen MR) is 76.1 cm³/mol. The smallest absolute Gasteiger partial charge is 0.142 e. The maximum absolute atomic E-state index is 5.70. The van der Waals surface area contributed by atoms with E-state index in [1.807, 2.05) is 18.5 Å². The minimum Gasteiger partial charge on any atom is -0.383 e. The van der Waals surface area contributed by atoms with Crippen LogP contribution in [-0.2, 0) is 6.54 Å². The van der Waals surface area contributed by atoms with Crippen molar-refractivity contribution in [1.82, 2.24) is 14.2 Å². The summed E-state index contributed by atoms with van der Waals surface area (Å²) in [5.74, 6) is 0.626. The van der Waals surface area contributed by atoms with Gasteiger partial charge in [0.2, 0.25) is 0 Å². The Morgan fingerprint density at radius 3 is 2.72 bits per heavy atom. The number of nitrogens with zero attached hydrogens (tertiary/aromatic N) is 3. The molecule has 0 bridgehead atoms. The quantitative estimate of drug-likeness (QED) is 0.814. The van der Waals surface area contributed by atoms with E-state index in [0.717, 1.165) is 35.8 Å². The van der Waals surface area contributed by atoms with Crippen molar-refractivity contribution in [3.8, 4) is 0 Å². The summed E-state index contributed by atoms with van der Waals surface area (Å²) in [7, 11) is 0. The zero-order valence-electron chi connectivity index (χ0n) is 11.0. The number of rotatable bonds is 5. The molecule has 0 unspecified atom stereocenters. The van der Waals surface area contributed by atoms with Gasteiger partial charge >= 0.3 is 0 Å². The summed E-state index contributed by atoms with van der Waals surface area (Å²) in [6.45, 7) is 7.93. The molecule has 0 radical (unpaired) electrons. The van der Waals surface area contributed by atoms with Gasteiger partial charge in [-0.05, 0) is 44.8 Å². The van der Waals surface area contributed by atoms with Crippen LogP contribution in [0.25, 0.3) is 0 Å². The molecule has 6 heteroatoms. The molecule has 0 saturated heterocycles. The number of aryl methyl sites for hydroxylation is 3. The second kappa shape index (κ2) is 5.39. The zero-order valence-corrected chi connectivity index (χ0v) is 11.8. The Morgan fingerprint density at radius 1 is 1.39 bits per heavy atom. The Hall–Kier alpha value is -1.56. The van der Waals surface area contributed by atoms with Gasteiger partial charge in [-0.1, -0.05) is 0 Å². The summed E-state index contributed by atoms with van der Waals surface area (Å²) >= 11 is 1.42. The normalized spacial score (nSPS) is 10.8. The molecule has 2 rings (SSSR count). The number of hydrogen-bond donors (Lipinski definition) is 2. The summed E-state index contributed by atoms with van der Waals surface area (Å²) in [4.78, 5) is 0. The highest BCUT2D eigenvalue weighted by molar-refractivity contribution is 7.10. The van der Waals surface area contributed by atoms with Crippen molar-refractivity contribution < 1.29 is 0 Å². The molecule has 0 spiro atoms. The van der Waals surface area contributed by atoms with Gasteiger partial charge in [0.05, 0.1) is 5.69 Å². The van der Waals surface area contributed by atoms with Crippen molar-refractivity contribution in [2.75, 3.05) is 17.6 Å². The highest BCUT2D eigenvalue weighted by Gasteiger charge is 2.05. The van der Waals surface area contributed by atoms with Gasteiger partial charge in [0.15, 0.2) is 0 Å². The van der Waals surface area contributed by atoms with Crippen LogP contribution in [0.2, 0.25) is 0 Å². The number of aromatic nitrogens is 3. The van der Waals surface area contributed by atoms with Crippen molar-refractivity contribution in [3.05, 3.63) is 23.0 Å². The van der Waals surface area contributed by atoms with Crippen LogP contribution in [0.5, 0.6) is 0 Å². The molecule has 0 atom stereocenters. The number of nitrogens with one attached hydrogen (secondary N) is 1. The Balaban J connectivity index is 1.80. The maximum atomic E-state index is 5.70. The average molecular weight is 265 g/mol. The van der Waals surface area contributed by atoms with E-state index in [-0.39, 0.29) is 0 Å². The molecule has 5 nitrogen and oxygen atoms in total. The predicted octanol–water partition coefficient (Wildman–Crippen LogP) is 2.35. The maximum Gasteiger partial charge on any atom is 0.142 e. The fourth-order valence-electron chi connectivity index (χ4n) is 1.84. The van der Waals surface area contributed by atoms with Crippen LogP contribution in [0.3, 0.4) is 0 Å². The third-order valence-corrected chi connectivity index (χ3v) is 3.82. The third kappa shape index (κ3) is 2.81. The average Bonchev–Trinajstić information content (AvgIpc) is 2.80. The summed E-state index contributed by atoms with van der Waals surface area (Å²) in [6.07, 6.45) is 1.03. The highest BCUT2D eigenvalue weighted by atomic mass is 32.1. The number of nitrogens with two attached hydrogens (primary N) is 1. The first-order chi connectivity index (χ1) is 8.58. The minimum absolute atomic E-state index is 0.626. The fraction of sp³-hybridized carbons (Fsp3) is 0.500. The van der Waals surface area contributed by atoms with Crippen LogP contribution < -0.4 is 11.1 Å². The van der Waals surface area contributed by atoms with Crippen molar-refractivity contribution in [2.24, 2.45) is 0 Å². The number of anilines is 2. The van der Waals surface area contributed by atoms with E-state index in [1.54, 1.807) is 0 Å². The molecular formula is C12H19N5S. The van der Waals surface area contributed by atoms with Crippen molar-refractivity contribution >= 4 is 22.4 Å². The molecule has 0 amide bonds. The lowest BCUT2D eigenvalue weighted by Crippen LogP contribution is -2.08. The van der Waals surface area contributed by atoms with Gasteiger partial charge in [-0.2, -0.15) is 9.47 Å². The summed E-state index contributed by atoms with van der Waals surface area (Å²) < 4.78 is 6.16. The first-order valence-electron chi connectivity index (χ1n) is 6.04. The van der Waals surface area contributed by atoms with Gasteiger partial charge in [0.1, 0.15) is 10.8 Å². The van der Waals surface area contributed by atoms with Gasteiger partial charge < -0.3 is 11.1 Å². The Morgan fingerprint density at radius 2 is 2.17 bits per heavy atom. The lowest BCUT2D eigenvalue weighted by molar-refractivity contribution is 0.574. The summed E-state index contributed by atoms with van der Waals surface area (Å²) in [5.41, 5.74) is 9.04. The Kier molecular flexibility index (Phi) is 3.86. The summed E-state index contributed by atoms with van der Waals surface area (Å²) in [5, 5.41) is 8.87. The lowest BCUT2D eigenvalue weighted by atomic mass is 10.3. The number of hydrogen-bond acceptors (Lipinski definition) is 5. The largest absolute Gasteiger partial charge is 0.383 e. The third-order valence-electron chi connectivity index (χ3n) is 2.90. The zero-order chi connectivity index (χ0) is 13.1. The van der Waals surface area contributed by atoms with E-state index in [2.05, 4.69) is 27.8 Å². The van der Waals surface area contributed by atoms with Crippen LogP contribution in [0, 0.1) is 20.8 Å². The Labute approximate surface area is 111 Å². The molecule has 2 aromatic heterocycles. The highest BCUT2D eigenvalue weighted by Crippen LogP contribution is 2.24. The molecule has 0 aliphatic carbocycles. The van der Waals surface area contributed by atoms with Crippen LogP contribution in [0.15, 0.2) is 6.07 Å². The second-order valence-electron chi connectivity index (χ2n) is 4.45. The van der Waals surface area contributed by atoms with Crippen molar-refractivity contribution in [1.29, 1.82) is 0 Å². The molecule has 3 N–H and O–H groups in total. The molecule has 2 heterocycles. The first kappa shape index (κ1) is 12.9. The first-order valence-corrected chi connectivity index (χ1v) is 6.82. The topological polar surface area (TPSA) is 68.8 Å². The lowest BCUT2D eigenvalue weighted by Gasteiger charge is -2.06. The molecule has 18 heavy (non-hydrogen) atoms. The minimum atomic E-state index is 0.626. The molecular weight excluding hydrogens is 246 g/mol. The standard InChI is InChI=1S/C12H19N5S/c1-8-7-9(2)17(15-8)6-4-5-14-12-10(3)11(13)16-18-12/h7,14H,4-6H2,1-3H3,(H2,13,16). The van der Waals surface area contributed by atoms with Gasteiger partial charge in [-0.15, -0.1) is 0 Å². The molecule has 0 aliphatic rings.